The third-order valence-electron chi connectivity index (χ3n) is 2.67. The summed E-state index contributed by atoms with van der Waals surface area (Å²) >= 11 is 0. The molecular weight excluding hydrogens is 170 g/mol. The maximum absolute atomic E-state index is 8.83. The van der Waals surface area contributed by atoms with Crippen LogP contribution in [0.2, 0.25) is 0 Å². The number of ether oxygens (including phenoxy) is 2. The highest BCUT2D eigenvalue weighted by molar-refractivity contribution is 5.91. The maximum Gasteiger partial charge on any atom is 0.212 e. The minimum absolute atomic E-state index is 0.106. The highest BCUT2D eigenvalue weighted by atomic mass is 16.7. The minimum atomic E-state index is -0.688. The van der Waals surface area contributed by atoms with E-state index in [0.29, 0.717) is 12.3 Å². The molecule has 0 aromatic heterocycles. The van der Waals surface area contributed by atoms with Crippen LogP contribution in [0.5, 0.6) is 0 Å². The summed E-state index contributed by atoms with van der Waals surface area (Å²) in [6.07, 6.45) is 3.84. The summed E-state index contributed by atoms with van der Waals surface area (Å²) < 4.78 is 11.3. The van der Waals surface area contributed by atoms with Gasteiger partial charge in [-0.05, 0) is 26.2 Å². The minimum Gasteiger partial charge on any atom is -0.411 e. The molecule has 0 amide bonds. The number of hydrogen-bond donors (Lipinski definition) is 1. The predicted octanol–water partition coefficient (Wildman–Crippen LogP) is 1.52. The van der Waals surface area contributed by atoms with Crippen molar-refractivity contribution in [3.63, 3.8) is 0 Å². The second kappa shape index (κ2) is 3.27. The van der Waals surface area contributed by atoms with E-state index >= 15 is 0 Å². The molecule has 0 radical (unpaired) electrons. The number of oxime groups is 1. The first-order valence-electron chi connectivity index (χ1n) is 4.80. The molecule has 4 heteroatoms. The van der Waals surface area contributed by atoms with E-state index in [1.165, 1.54) is 0 Å². The molecular formula is C9H15NO3. The molecule has 74 valence electrons. The fraction of sp³-hybridized carbons (Fsp3) is 0.889. The molecule has 1 aliphatic heterocycles. The first-order chi connectivity index (χ1) is 6.27. The Labute approximate surface area is 77.5 Å². The highest BCUT2D eigenvalue weighted by Gasteiger charge is 2.46. The number of hydrogen-bond acceptors (Lipinski definition) is 4. The summed E-state index contributed by atoms with van der Waals surface area (Å²) in [5.74, 6) is -0.688. The van der Waals surface area contributed by atoms with E-state index in [1.807, 2.05) is 6.92 Å². The molecule has 13 heavy (non-hydrogen) atoms. The van der Waals surface area contributed by atoms with Gasteiger partial charge in [0.1, 0.15) is 5.71 Å². The molecule has 2 rings (SSSR count). The van der Waals surface area contributed by atoms with Gasteiger partial charge >= 0.3 is 0 Å². The van der Waals surface area contributed by atoms with Gasteiger partial charge in [0.25, 0.3) is 0 Å². The van der Waals surface area contributed by atoms with Gasteiger partial charge in [0.2, 0.25) is 5.79 Å². The Bertz CT molecular complexity index is 225. The average Bonchev–Trinajstić information content (AvgIpc) is 2.49. The summed E-state index contributed by atoms with van der Waals surface area (Å²) in [4.78, 5) is 0. The molecule has 0 bridgehead atoms. The van der Waals surface area contributed by atoms with Crippen molar-refractivity contribution in [2.45, 2.75) is 44.5 Å². The van der Waals surface area contributed by atoms with Crippen LogP contribution in [0.25, 0.3) is 0 Å². The zero-order valence-electron chi connectivity index (χ0n) is 7.82. The molecule has 4 nitrogen and oxygen atoms in total. The molecule has 0 aromatic rings. The molecule has 1 aliphatic carbocycles. The van der Waals surface area contributed by atoms with E-state index in [0.717, 1.165) is 25.7 Å². The second-order valence-corrected chi connectivity index (χ2v) is 3.75. The fourth-order valence-corrected chi connectivity index (χ4v) is 2.04. The molecule has 1 N–H and O–H groups in total. The van der Waals surface area contributed by atoms with Gasteiger partial charge in [-0.1, -0.05) is 5.16 Å². The highest BCUT2D eigenvalue weighted by Crippen LogP contribution is 2.35. The van der Waals surface area contributed by atoms with Crippen molar-refractivity contribution in [3.8, 4) is 0 Å². The van der Waals surface area contributed by atoms with Crippen LogP contribution in [-0.4, -0.2) is 29.4 Å². The van der Waals surface area contributed by atoms with Gasteiger partial charge in [-0.3, -0.25) is 0 Å². The lowest BCUT2D eigenvalue weighted by atomic mass is 9.92. The van der Waals surface area contributed by atoms with Gasteiger partial charge < -0.3 is 14.7 Å². The topological polar surface area (TPSA) is 51.0 Å². The first-order valence-corrected chi connectivity index (χ1v) is 4.80. The largest absolute Gasteiger partial charge is 0.411 e. The van der Waals surface area contributed by atoms with Gasteiger partial charge in [0, 0.05) is 6.42 Å². The van der Waals surface area contributed by atoms with Gasteiger partial charge in [0.05, 0.1) is 12.7 Å². The molecule has 2 aliphatic rings. The van der Waals surface area contributed by atoms with Crippen LogP contribution in [0, 0.1) is 0 Å². The summed E-state index contributed by atoms with van der Waals surface area (Å²) in [5.41, 5.74) is 0.656. The van der Waals surface area contributed by atoms with Crippen LogP contribution >= 0.6 is 0 Å². The van der Waals surface area contributed by atoms with Crippen LogP contribution < -0.4 is 0 Å². The molecule has 2 fully saturated rings. The van der Waals surface area contributed by atoms with E-state index in [2.05, 4.69) is 5.16 Å². The molecule has 0 aromatic carbocycles. The summed E-state index contributed by atoms with van der Waals surface area (Å²) in [7, 11) is 0. The standard InChI is InChI=1S/C9H15NO3/c1-7-6-12-9(13-7)5-3-2-4-8(9)10-11/h7,11H,2-6H2,1H3. The SMILES string of the molecule is CC1COC2(CCCCC2=NO)O1. The third kappa shape index (κ3) is 1.44. The quantitative estimate of drug-likeness (QED) is 0.460. The molecule has 2 atom stereocenters. The van der Waals surface area contributed by atoms with Crippen molar-refractivity contribution in [3.05, 3.63) is 0 Å². The molecule has 1 saturated heterocycles. The lowest BCUT2D eigenvalue weighted by Crippen LogP contribution is -2.42. The summed E-state index contributed by atoms with van der Waals surface area (Å²) in [6, 6.07) is 0. The summed E-state index contributed by atoms with van der Waals surface area (Å²) in [6.45, 7) is 2.57. The van der Waals surface area contributed by atoms with Crippen molar-refractivity contribution < 1.29 is 14.7 Å². The van der Waals surface area contributed by atoms with Gasteiger partial charge in [-0.15, -0.1) is 0 Å². The first kappa shape index (κ1) is 8.97. The van der Waals surface area contributed by atoms with E-state index in [4.69, 9.17) is 14.7 Å². The molecule has 1 saturated carbocycles. The van der Waals surface area contributed by atoms with Crippen molar-refractivity contribution >= 4 is 5.71 Å². The lowest BCUT2D eigenvalue weighted by molar-refractivity contribution is -0.122. The zero-order chi connectivity index (χ0) is 9.31. The maximum atomic E-state index is 8.83. The van der Waals surface area contributed by atoms with Crippen LogP contribution in [0.15, 0.2) is 5.16 Å². The van der Waals surface area contributed by atoms with E-state index < -0.39 is 5.79 Å². The van der Waals surface area contributed by atoms with E-state index in [9.17, 15) is 0 Å². The van der Waals surface area contributed by atoms with Crippen LogP contribution in [0.3, 0.4) is 0 Å². The number of nitrogens with zero attached hydrogens (tertiary/aromatic N) is 1. The van der Waals surface area contributed by atoms with Crippen molar-refractivity contribution in [1.82, 2.24) is 0 Å². The zero-order valence-corrected chi connectivity index (χ0v) is 7.82. The lowest BCUT2D eigenvalue weighted by Gasteiger charge is -2.31. The molecule has 1 heterocycles. The van der Waals surface area contributed by atoms with E-state index in [-0.39, 0.29) is 6.10 Å². The summed E-state index contributed by atoms with van der Waals surface area (Å²) in [5, 5.41) is 12.1. The Morgan fingerprint density at radius 1 is 1.54 bits per heavy atom. The van der Waals surface area contributed by atoms with E-state index in [1.54, 1.807) is 0 Å². The Hall–Kier alpha value is -0.610. The van der Waals surface area contributed by atoms with Crippen molar-refractivity contribution in [1.29, 1.82) is 0 Å². The second-order valence-electron chi connectivity index (χ2n) is 3.75. The van der Waals surface area contributed by atoms with Gasteiger partial charge in [-0.25, -0.2) is 0 Å². The fourth-order valence-electron chi connectivity index (χ4n) is 2.04. The Balaban J connectivity index is 2.18. The smallest absolute Gasteiger partial charge is 0.212 e. The third-order valence-corrected chi connectivity index (χ3v) is 2.67. The predicted molar refractivity (Wildman–Crippen MR) is 46.9 cm³/mol. The van der Waals surface area contributed by atoms with Gasteiger partial charge in [0.15, 0.2) is 0 Å². The van der Waals surface area contributed by atoms with Gasteiger partial charge in [-0.2, -0.15) is 0 Å². The number of rotatable bonds is 0. The molecule has 1 spiro atoms. The Morgan fingerprint density at radius 2 is 2.38 bits per heavy atom. The Kier molecular flexibility index (Phi) is 2.26. The average molecular weight is 185 g/mol. The monoisotopic (exact) mass is 185 g/mol. The van der Waals surface area contributed by atoms with Crippen LogP contribution in [0.4, 0.5) is 0 Å². The van der Waals surface area contributed by atoms with Crippen molar-refractivity contribution in [2.24, 2.45) is 5.16 Å². The normalized spacial score (nSPS) is 43.2. The van der Waals surface area contributed by atoms with Crippen LogP contribution in [-0.2, 0) is 9.47 Å². The Morgan fingerprint density at radius 3 is 3.00 bits per heavy atom. The van der Waals surface area contributed by atoms with Crippen molar-refractivity contribution in [2.75, 3.05) is 6.61 Å². The molecule has 2 unspecified atom stereocenters. The van der Waals surface area contributed by atoms with Crippen LogP contribution in [0.1, 0.15) is 32.6 Å².